The summed E-state index contributed by atoms with van der Waals surface area (Å²) in [6, 6.07) is 10.3. The summed E-state index contributed by atoms with van der Waals surface area (Å²) >= 11 is 3.38. The van der Waals surface area contributed by atoms with E-state index in [0.717, 1.165) is 10.0 Å². The van der Waals surface area contributed by atoms with Gasteiger partial charge in [-0.05, 0) is 42.8 Å². The molecule has 2 aromatic carbocycles. The van der Waals surface area contributed by atoms with Gasteiger partial charge < -0.3 is 20.1 Å². The number of aryl methyl sites for hydroxylation is 1. The van der Waals surface area contributed by atoms with E-state index in [-0.39, 0.29) is 0 Å². The molecule has 2 amide bonds. The third kappa shape index (κ3) is 3.68. The fraction of sp³-hybridized carbons (Fsp3) is 0.176. The zero-order valence-electron chi connectivity index (χ0n) is 12.9. The van der Waals surface area contributed by atoms with E-state index in [4.69, 9.17) is 9.47 Å². The zero-order valence-corrected chi connectivity index (χ0v) is 14.5. The van der Waals surface area contributed by atoms with Gasteiger partial charge in [-0.2, -0.15) is 0 Å². The van der Waals surface area contributed by atoms with E-state index >= 15 is 0 Å². The number of rotatable bonds is 2. The number of benzene rings is 2. The minimum absolute atomic E-state index is 0.452. The Balaban J connectivity index is 1.65. The molecule has 3 rings (SSSR count). The Morgan fingerprint density at radius 2 is 1.50 bits per heavy atom. The van der Waals surface area contributed by atoms with E-state index in [2.05, 4.69) is 26.6 Å². The molecular formula is C17H15BrN2O4. The molecular weight excluding hydrogens is 376 g/mol. The molecule has 2 aromatic rings. The lowest BCUT2D eigenvalue weighted by Gasteiger charge is -2.18. The predicted octanol–water partition coefficient (Wildman–Crippen LogP) is 3.11. The molecule has 1 aliphatic rings. The first-order valence-electron chi connectivity index (χ1n) is 7.31. The molecule has 7 heteroatoms. The van der Waals surface area contributed by atoms with Crippen molar-refractivity contribution in [3.05, 3.63) is 46.4 Å². The minimum Gasteiger partial charge on any atom is -0.486 e. The van der Waals surface area contributed by atoms with Crippen LogP contribution in [-0.2, 0) is 9.59 Å². The Labute approximate surface area is 147 Å². The molecule has 0 spiro atoms. The Morgan fingerprint density at radius 3 is 2.17 bits per heavy atom. The van der Waals surface area contributed by atoms with Crippen molar-refractivity contribution in [2.24, 2.45) is 0 Å². The molecule has 0 saturated heterocycles. The van der Waals surface area contributed by atoms with Crippen molar-refractivity contribution in [2.45, 2.75) is 6.92 Å². The standard InChI is InChI=1S/C17H15BrN2O4/c1-10-8-11(2-4-13(10)18)19-16(21)17(22)20-12-3-5-14-15(9-12)24-7-6-23-14/h2-5,8-9H,6-7H2,1H3,(H,19,21)(H,20,22). The van der Waals surface area contributed by atoms with Crippen LogP contribution in [0.2, 0.25) is 0 Å². The molecule has 0 aliphatic carbocycles. The second-order valence-electron chi connectivity index (χ2n) is 5.23. The maximum absolute atomic E-state index is 12.0. The first-order chi connectivity index (χ1) is 11.5. The number of hydrogen-bond donors (Lipinski definition) is 2. The van der Waals surface area contributed by atoms with Crippen molar-refractivity contribution in [3.63, 3.8) is 0 Å². The number of carbonyl (C=O) groups excluding carboxylic acids is 2. The smallest absolute Gasteiger partial charge is 0.314 e. The molecule has 0 aromatic heterocycles. The zero-order chi connectivity index (χ0) is 17.1. The van der Waals surface area contributed by atoms with Gasteiger partial charge in [-0.3, -0.25) is 9.59 Å². The highest BCUT2D eigenvalue weighted by Gasteiger charge is 2.17. The number of ether oxygens (including phenoxy) is 2. The lowest BCUT2D eigenvalue weighted by atomic mass is 10.2. The van der Waals surface area contributed by atoms with Crippen LogP contribution in [-0.4, -0.2) is 25.0 Å². The average Bonchev–Trinajstić information content (AvgIpc) is 2.58. The van der Waals surface area contributed by atoms with Crippen LogP contribution in [0.15, 0.2) is 40.9 Å². The SMILES string of the molecule is Cc1cc(NC(=O)C(=O)Nc2ccc3c(c2)OCCO3)ccc1Br. The fourth-order valence-corrected chi connectivity index (χ4v) is 2.47. The number of amides is 2. The number of halogens is 1. The summed E-state index contributed by atoms with van der Waals surface area (Å²) in [7, 11) is 0. The summed E-state index contributed by atoms with van der Waals surface area (Å²) in [4.78, 5) is 24.0. The van der Waals surface area contributed by atoms with Crippen molar-refractivity contribution in [3.8, 4) is 11.5 Å². The van der Waals surface area contributed by atoms with Crippen molar-refractivity contribution >= 4 is 39.1 Å². The summed E-state index contributed by atoms with van der Waals surface area (Å²) in [5.41, 5.74) is 1.98. The van der Waals surface area contributed by atoms with Gasteiger partial charge in [0.1, 0.15) is 13.2 Å². The highest BCUT2D eigenvalue weighted by molar-refractivity contribution is 9.10. The minimum atomic E-state index is -0.757. The first-order valence-corrected chi connectivity index (χ1v) is 8.10. The van der Waals surface area contributed by atoms with Gasteiger partial charge in [-0.1, -0.05) is 15.9 Å². The van der Waals surface area contributed by atoms with E-state index in [9.17, 15) is 9.59 Å². The molecule has 0 bridgehead atoms. The summed E-state index contributed by atoms with van der Waals surface area (Å²) < 4.78 is 11.8. The lowest BCUT2D eigenvalue weighted by molar-refractivity contribution is -0.133. The lowest BCUT2D eigenvalue weighted by Crippen LogP contribution is -2.29. The van der Waals surface area contributed by atoms with E-state index in [1.165, 1.54) is 0 Å². The summed E-state index contributed by atoms with van der Waals surface area (Å²) in [6.45, 7) is 2.84. The van der Waals surface area contributed by atoms with Gasteiger partial charge in [0.2, 0.25) is 0 Å². The molecule has 0 radical (unpaired) electrons. The second-order valence-corrected chi connectivity index (χ2v) is 6.08. The molecule has 0 saturated carbocycles. The molecule has 0 atom stereocenters. The Hall–Kier alpha value is -2.54. The molecule has 6 nitrogen and oxygen atoms in total. The fourth-order valence-electron chi connectivity index (χ4n) is 2.22. The van der Waals surface area contributed by atoms with Gasteiger partial charge in [0.25, 0.3) is 0 Å². The molecule has 124 valence electrons. The number of hydrogen-bond acceptors (Lipinski definition) is 4. The molecule has 24 heavy (non-hydrogen) atoms. The molecule has 1 aliphatic heterocycles. The van der Waals surface area contributed by atoms with Gasteiger partial charge in [-0.25, -0.2) is 0 Å². The second kappa shape index (κ2) is 6.92. The monoisotopic (exact) mass is 390 g/mol. The van der Waals surface area contributed by atoms with Gasteiger partial charge in [0.05, 0.1) is 0 Å². The van der Waals surface area contributed by atoms with Crippen LogP contribution in [0.4, 0.5) is 11.4 Å². The van der Waals surface area contributed by atoms with Crippen molar-refractivity contribution in [1.29, 1.82) is 0 Å². The largest absolute Gasteiger partial charge is 0.486 e. The van der Waals surface area contributed by atoms with E-state index in [0.29, 0.717) is 36.1 Å². The predicted molar refractivity (Wildman–Crippen MR) is 93.6 cm³/mol. The highest BCUT2D eigenvalue weighted by Crippen LogP contribution is 2.32. The van der Waals surface area contributed by atoms with E-state index in [1.807, 2.05) is 13.0 Å². The average molecular weight is 391 g/mol. The molecule has 0 unspecified atom stereocenters. The van der Waals surface area contributed by atoms with Crippen molar-refractivity contribution in [1.82, 2.24) is 0 Å². The number of carbonyl (C=O) groups is 2. The Kier molecular flexibility index (Phi) is 4.71. The number of fused-ring (bicyclic) bond motifs is 1. The molecule has 1 heterocycles. The van der Waals surface area contributed by atoms with Gasteiger partial charge in [0.15, 0.2) is 11.5 Å². The summed E-state index contributed by atoms with van der Waals surface area (Å²) in [6.07, 6.45) is 0. The van der Waals surface area contributed by atoms with Gasteiger partial charge >= 0.3 is 11.8 Å². The van der Waals surface area contributed by atoms with Crippen LogP contribution in [0.3, 0.4) is 0 Å². The maximum atomic E-state index is 12.0. The summed E-state index contributed by atoms with van der Waals surface area (Å²) in [5.74, 6) is -0.337. The normalized spacial score (nSPS) is 12.4. The van der Waals surface area contributed by atoms with Crippen LogP contribution < -0.4 is 20.1 Å². The number of anilines is 2. The van der Waals surface area contributed by atoms with Crippen LogP contribution in [0.5, 0.6) is 11.5 Å². The molecule has 2 N–H and O–H groups in total. The maximum Gasteiger partial charge on any atom is 0.314 e. The third-order valence-electron chi connectivity index (χ3n) is 3.42. The topological polar surface area (TPSA) is 76.7 Å². The number of nitrogens with one attached hydrogen (secondary N) is 2. The van der Waals surface area contributed by atoms with Crippen LogP contribution in [0.1, 0.15) is 5.56 Å². The Bertz CT molecular complexity index is 807. The van der Waals surface area contributed by atoms with Crippen LogP contribution in [0, 0.1) is 6.92 Å². The summed E-state index contributed by atoms with van der Waals surface area (Å²) in [5, 5.41) is 5.11. The van der Waals surface area contributed by atoms with Crippen LogP contribution in [0.25, 0.3) is 0 Å². The van der Waals surface area contributed by atoms with E-state index < -0.39 is 11.8 Å². The third-order valence-corrected chi connectivity index (χ3v) is 4.31. The van der Waals surface area contributed by atoms with Gasteiger partial charge in [0, 0.05) is 21.9 Å². The van der Waals surface area contributed by atoms with Crippen molar-refractivity contribution in [2.75, 3.05) is 23.8 Å². The first kappa shape index (κ1) is 16.3. The van der Waals surface area contributed by atoms with Crippen LogP contribution >= 0.6 is 15.9 Å². The highest BCUT2D eigenvalue weighted by atomic mass is 79.9. The van der Waals surface area contributed by atoms with E-state index in [1.54, 1.807) is 30.3 Å². The van der Waals surface area contributed by atoms with Crippen molar-refractivity contribution < 1.29 is 19.1 Å². The molecule has 0 fully saturated rings. The Morgan fingerprint density at radius 1 is 0.917 bits per heavy atom. The quantitative estimate of drug-likeness (QED) is 0.772. The van der Waals surface area contributed by atoms with Gasteiger partial charge in [-0.15, -0.1) is 0 Å².